The van der Waals surface area contributed by atoms with Crippen LogP contribution in [0.15, 0.2) is 36.4 Å². The molecular formula is C14H10Cl3FN2S. The summed E-state index contributed by atoms with van der Waals surface area (Å²) in [6.45, 7) is 0.172. The monoisotopic (exact) mass is 362 g/mol. The van der Waals surface area contributed by atoms with Gasteiger partial charge in [-0.2, -0.15) is 0 Å². The molecule has 2 aromatic carbocycles. The maximum atomic E-state index is 13.6. The second-order valence-electron chi connectivity index (χ2n) is 4.17. The second-order valence-corrected chi connectivity index (χ2v) is 5.85. The number of hydrogen-bond donors (Lipinski definition) is 2. The number of nitrogens with one attached hydrogen (secondary N) is 2. The summed E-state index contributed by atoms with van der Waals surface area (Å²) in [7, 11) is 0. The fourth-order valence-corrected chi connectivity index (χ4v) is 2.62. The number of halogens is 4. The topological polar surface area (TPSA) is 24.1 Å². The molecule has 0 fully saturated rings. The van der Waals surface area contributed by atoms with Gasteiger partial charge in [0.1, 0.15) is 5.82 Å². The van der Waals surface area contributed by atoms with Gasteiger partial charge in [-0.25, -0.2) is 4.39 Å². The third-order valence-electron chi connectivity index (χ3n) is 2.61. The Bertz CT molecular complexity index is 639. The molecule has 0 spiro atoms. The largest absolute Gasteiger partial charge is 0.358 e. The summed E-state index contributed by atoms with van der Waals surface area (Å²) in [6, 6.07) is 9.48. The van der Waals surface area contributed by atoms with E-state index in [4.69, 9.17) is 47.0 Å². The van der Waals surface area contributed by atoms with Crippen molar-refractivity contribution in [3.8, 4) is 0 Å². The van der Waals surface area contributed by atoms with Crippen LogP contribution in [0.2, 0.25) is 15.1 Å². The summed E-state index contributed by atoms with van der Waals surface area (Å²) < 4.78 is 13.6. The van der Waals surface area contributed by atoms with E-state index in [9.17, 15) is 4.39 Å². The summed E-state index contributed by atoms with van der Waals surface area (Å²) in [5.41, 5.74) is 0.997. The van der Waals surface area contributed by atoms with Crippen molar-refractivity contribution in [3.63, 3.8) is 0 Å². The third kappa shape index (κ3) is 4.71. The van der Waals surface area contributed by atoms with Gasteiger partial charge in [-0.3, -0.25) is 0 Å². The van der Waals surface area contributed by atoms with Crippen LogP contribution in [-0.4, -0.2) is 5.11 Å². The van der Waals surface area contributed by atoms with Crippen LogP contribution in [-0.2, 0) is 6.54 Å². The van der Waals surface area contributed by atoms with Gasteiger partial charge in [0.15, 0.2) is 5.11 Å². The summed E-state index contributed by atoms with van der Waals surface area (Å²) >= 11 is 22.9. The Hall–Kier alpha value is -1.07. The van der Waals surface area contributed by atoms with Crippen molar-refractivity contribution in [2.24, 2.45) is 0 Å². The van der Waals surface area contributed by atoms with E-state index in [1.54, 1.807) is 30.3 Å². The quantitative estimate of drug-likeness (QED) is 0.726. The van der Waals surface area contributed by atoms with E-state index in [2.05, 4.69) is 10.6 Å². The highest BCUT2D eigenvalue weighted by Gasteiger charge is 2.07. The van der Waals surface area contributed by atoms with Crippen LogP contribution in [0.1, 0.15) is 5.56 Å². The molecule has 21 heavy (non-hydrogen) atoms. The predicted octanol–water partition coefficient (Wildman–Crippen LogP) is 5.27. The fourth-order valence-electron chi connectivity index (χ4n) is 1.67. The minimum absolute atomic E-state index is 0.172. The van der Waals surface area contributed by atoms with Crippen molar-refractivity contribution in [1.82, 2.24) is 5.32 Å². The van der Waals surface area contributed by atoms with Crippen LogP contribution < -0.4 is 10.6 Å². The van der Waals surface area contributed by atoms with E-state index in [1.807, 2.05) is 0 Å². The van der Waals surface area contributed by atoms with Crippen molar-refractivity contribution in [2.45, 2.75) is 6.54 Å². The normalized spacial score (nSPS) is 10.3. The zero-order valence-corrected chi connectivity index (χ0v) is 13.7. The van der Waals surface area contributed by atoms with Gasteiger partial charge in [0.05, 0.1) is 0 Å². The van der Waals surface area contributed by atoms with E-state index in [0.29, 0.717) is 31.4 Å². The predicted molar refractivity (Wildman–Crippen MR) is 90.9 cm³/mol. The highest BCUT2D eigenvalue weighted by atomic mass is 35.5. The molecule has 0 saturated carbocycles. The summed E-state index contributed by atoms with van der Waals surface area (Å²) in [6.07, 6.45) is 0. The summed E-state index contributed by atoms with van der Waals surface area (Å²) in [4.78, 5) is 0. The number of thiocarbonyl (C=S) groups is 1. The van der Waals surface area contributed by atoms with Gasteiger partial charge >= 0.3 is 0 Å². The van der Waals surface area contributed by atoms with Gasteiger partial charge in [-0.15, -0.1) is 0 Å². The number of anilines is 1. The molecule has 0 aliphatic heterocycles. The van der Waals surface area contributed by atoms with Gasteiger partial charge < -0.3 is 10.6 Å². The molecule has 0 radical (unpaired) electrons. The minimum Gasteiger partial charge on any atom is -0.358 e. The molecule has 0 aromatic heterocycles. The van der Waals surface area contributed by atoms with Crippen molar-refractivity contribution in [1.29, 1.82) is 0 Å². The Balaban J connectivity index is 1.99. The van der Waals surface area contributed by atoms with E-state index < -0.39 is 0 Å². The van der Waals surface area contributed by atoms with E-state index >= 15 is 0 Å². The lowest BCUT2D eigenvalue weighted by atomic mass is 10.2. The van der Waals surface area contributed by atoms with Crippen molar-refractivity contribution in [3.05, 3.63) is 62.8 Å². The van der Waals surface area contributed by atoms with Crippen LogP contribution in [0.5, 0.6) is 0 Å². The molecule has 110 valence electrons. The SMILES string of the molecule is Fc1cccc(Cl)c1CNC(=S)Nc1cc(Cl)cc(Cl)c1. The maximum absolute atomic E-state index is 13.6. The van der Waals surface area contributed by atoms with Crippen molar-refractivity contribution < 1.29 is 4.39 Å². The zero-order valence-electron chi connectivity index (χ0n) is 10.6. The molecule has 2 aromatic rings. The first-order valence-corrected chi connectivity index (χ1v) is 7.44. The van der Waals surface area contributed by atoms with Gasteiger partial charge in [0.2, 0.25) is 0 Å². The highest BCUT2D eigenvalue weighted by molar-refractivity contribution is 7.80. The van der Waals surface area contributed by atoms with Crippen LogP contribution in [0.4, 0.5) is 10.1 Å². The van der Waals surface area contributed by atoms with Crippen molar-refractivity contribution >= 4 is 57.8 Å². The zero-order chi connectivity index (χ0) is 15.4. The first kappa shape index (κ1) is 16.3. The molecule has 0 heterocycles. The second kappa shape index (κ2) is 7.27. The van der Waals surface area contributed by atoms with E-state index in [1.165, 1.54) is 6.07 Å². The Kier molecular flexibility index (Phi) is 5.65. The van der Waals surface area contributed by atoms with Gasteiger partial charge in [-0.1, -0.05) is 40.9 Å². The molecule has 2 nitrogen and oxygen atoms in total. The third-order valence-corrected chi connectivity index (χ3v) is 3.64. The Morgan fingerprint density at radius 3 is 2.38 bits per heavy atom. The molecule has 2 rings (SSSR count). The lowest BCUT2D eigenvalue weighted by Gasteiger charge is -2.12. The molecular weight excluding hydrogens is 354 g/mol. The van der Waals surface area contributed by atoms with Crippen LogP contribution >= 0.6 is 47.0 Å². The fraction of sp³-hybridized carbons (Fsp3) is 0.0714. The van der Waals surface area contributed by atoms with E-state index in [0.717, 1.165) is 0 Å². The average Bonchev–Trinajstić information content (AvgIpc) is 2.36. The number of benzene rings is 2. The molecule has 0 amide bonds. The molecule has 0 aliphatic carbocycles. The minimum atomic E-state index is -0.386. The first-order valence-electron chi connectivity index (χ1n) is 5.89. The van der Waals surface area contributed by atoms with Crippen LogP contribution in [0.25, 0.3) is 0 Å². The number of rotatable bonds is 3. The lowest BCUT2D eigenvalue weighted by molar-refractivity contribution is 0.606. The Labute approximate surface area is 142 Å². The molecule has 7 heteroatoms. The molecule has 0 unspecified atom stereocenters. The standard InChI is InChI=1S/C14H10Cl3FN2S/c15-8-4-9(16)6-10(5-8)20-14(21)19-7-11-12(17)2-1-3-13(11)18/h1-6H,7H2,(H2,19,20,21). The smallest absolute Gasteiger partial charge is 0.171 e. The van der Waals surface area contributed by atoms with Crippen molar-refractivity contribution in [2.75, 3.05) is 5.32 Å². The molecule has 0 saturated heterocycles. The molecule has 2 N–H and O–H groups in total. The lowest BCUT2D eigenvalue weighted by Crippen LogP contribution is -2.28. The van der Waals surface area contributed by atoms with Gasteiger partial charge in [0, 0.05) is 32.9 Å². The first-order chi connectivity index (χ1) is 9.95. The van der Waals surface area contributed by atoms with Gasteiger partial charge in [0.25, 0.3) is 0 Å². The molecule has 0 atom stereocenters. The highest BCUT2D eigenvalue weighted by Crippen LogP contribution is 2.22. The number of hydrogen-bond acceptors (Lipinski definition) is 1. The summed E-state index contributed by atoms with van der Waals surface area (Å²) in [5.74, 6) is -0.386. The van der Waals surface area contributed by atoms with E-state index in [-0.39, 0.29) is 12.4 Å². The molecule has 0 aliphatic rings. The average molecular weight is 364 g/mol. The van der Waals surface area contributed by atoms with Gasteiger partial charge in [-0.05, 0) is 42.5 Å². The maximum Gasteiger partial charge on any atom is 0.171 e. The van der Waals surface area contributed by atoms with Crippen LogP contribution in [0, 0.1) is 5.82 Å². The summed E-state index contributed by atoms with van der Waals surface area (Å²) in [5, 5.41) is 7.43. The Morgan fingerprint density at radius 2 is 1.76 bits per heavy atom. The molecule has 0 bridgehead atoms. The Morgan fingerprint density at radius 1 is 1.10 bits per heavy atom. The van der Waals surface area contributed by atoms with Crippen LogP contribution in [0.3, 0.4) is 0 Å².